The molecule has 0 aliphatic heterocycles. The standard InChI is InChI=1S/C12H16N2O3/c1-2-5-9(10-6-3-4-7-13-10)11(15)8-14-12(16)17/h3-4,6-7,9,14H,2,5,8H2,1H3,(H,16,17). The van der Waals surface area contributed by atoms with E-state index >= 15 is 0 Å². The van der Waals surface area contributed by atoms with Crippen LogP contribution in [0.2, 0.25) is 0 Å². The molecule has 0 aromatic carbocycles. The number of ketones is 1. The third-order valence-electron chi connectivity index (χ3n) is 2.42. The highest BCUT2D eigenvalue weighted by Gasteiger charge is 2.20. The van der Waals surface area contributed by atoms with Crippen molar-refractivity contribution in [2.75, 3.05) is 6.54 Å². The van der Waals surface area contributed by atoms with Crippen molar-refractivity contribution in [3.63, 3.8) is 0 Å². The minimum atomic E-state index is -1.19. The van der Waals surface area contributed by atoms with Crippen LogP contribution in [0.1, 0.15) is 31.4 Å². The number of carboxylic acid groups (broad SMARTS) is 1. The fraction of sp³-hybridized carbons (Fsp3) is 0.417. The molecule has 0 radical (unpaired) electrons. The molecule has 2 N–H and O–H groups in total. The Morgan fingerprint density at radius 2 is 2.24 bits per heavy atom. The van der Waals surface area contributed by atoms with Crippen LogP contribution < -0.4 is 5.32 Å². The quantitative estimate of drug-likeness (QED) is 0.789. The lowest BCUT2D eigenvalue weighted by molar-refractivity contribution is -0.119. The summed E-state index contributed by atoms with van der Waals surface area (Å²) < 4.78 is 0. The second-order valence-corrected chi connectivity index (χ2v) is 3.72. The van der Waals surface area contributed by atoms with E-state index in [1.807, 2.05) is 13.0 Å². The van der Waals surface area contributed by atoms with E-state index in [0.717, 1.165) is 6.42 Å². The topological polar surface area (TPSA) is 79.3 Å². The van der Waals surface area contributed by atoms with Gasteiger partial charge in [-0.3, -0.25) is 9.78 Å². The lowest BCUT2D eigenvalue weighted by atomic mass is 9.94. The van der Waals surface area contributed by atoms with Crippen LogP contribution in [0.25, 0.3) is 0 Å². The van der Waals surface area contributed by atoms with Gasteiger partial charge in [-0.25, -0.2) is 4.79 Å². The van der Waals surface area contributed by atoms with Crippen molar-refractivity contribution in [2.45, 2.75) is 25.7 Å². The predicted molar refractivity (Wildman–Crippen MR) is 62.9 cm³/mol. The summed E-state index contributed by atoms with van der Waals surface area (Å²) in [6.07, 6.45) is 1.97. The van der Waals surface area contributed by atoms with Gasteiger partial charge in [0.2, 0.25) is 0 Å². The van der Waals surface area contributed by atoms with Crippen molar-refractivity contribution < 1.29 is 14.7 Å². The summed E-state index contributed by atoms with van der Waals surface area (Å²) in [4.78, 5) is 26.4. The Kier molecular flexibility index (Phi) is 5.13. The molecular weight excluding hydrogens is 220 g/mol. The van der Waals surface area contributed by atoms with Gasteiger partial charge >= 0.3 is 6.09 Å². The molecule has 1 unspecified atom stereocenters. The number of nitrogens with zero attached hydrogens (tertiary/aromatic N) is 1. The number of Topliss-reactive ketones (excluding diaryl/α,β-unsaturated/α-hetero) is 1. The molecular formula is C12H16N2O3. The molecule has 0 spiro atoms. The number of hydrogen-bond donors (Lipinski definition) is 2. The van der Waals surface area contributed by atoms with Crippen LogP contribution in [0.3, 0.4) is 0 Å². The molecule has 1 heterocycles. The Bertz CT molecular complexity index is 379. The molecule has 5 heteroatoms. The Morgan fingerprint density at radius 1 is 1.47 bits per heavy atom. The first-order valence-corrected chi connectivity index (χ1v) is 5.55. The van der Waals surface area contributed by atoms with Gasteiger partial charge in [0, 0.05) is 6.20 Å². The van der Waals surface area contributed by atoms with Crippen molar-refractivity contribution >= 4 is 11.9 Å². The van der Waals surface area contributed by atoms with Gasteiger partial charge in [0.25, 0.3) is 0 Å². The second kappa shape index (κ2) is 6.62. The van der Waals surface area contributed by atoms with Crippen LogP contribution in [0.15, 0.2) is 24.4 Å². The number of nitrogens with one attached hydrogen (secondary N) is 1. The van der Waals surface area contributed by atoms with E-state index in [0.29, 0.717) is 12.1 Å². The molecule has 0 aliphatic rings. The summed E-state index contributed by atoms with van der Waals surface area (Å²) in [6.45, 7) is 1.81. The van der Waals surface area contributed by atoms with Gasteiger partial charge in [-0.1, -0.05) is 19.4 Å². The molecule has 1 rings (SSSR count). The van der Waals surface area contributed by atoms with Gasteiger partial charge < -0.3 is 10.4 Å². The Balaban J connectivity index is 2.72. The monoisotopic (exact) mass is 236 g/mol. The van der Waals surface area contributed by atoms with Crippen molar-refractivity contribution in [3.8, 4) is 0 Å². The van der Waals surface area contributed by atoms with Crippen LogP contribution in [-0.2, 0) is 4.79 Å². The normalized spacial score (nSPS) is 11.8. The van der Waals surface area contributed by atoms with Crippen molar-refractivity contribution in [1.82, 2.24) is 10.3 Å². The molecule has 1 aromatic rings. The number of carbonyl (C=O) groups excluding carboxylic acids is 1. The highest BCUT2D eigenvalue weighted by atomic mass is 16.4. The highest BCUT2D eigenvalue weighted by molar-refractivity contribution is 5.89. The van der Waals surface area contributed by atoms with Gasteiger partial charge in [0.05, 0.1) is 18.2 Å². The first-order valence-electron chi connectivity index (χ1n) is 5.55. The average molecular weight is 236 g/mol. The largest absolute Gasteiger partial charge is 0.465 e. The molecule has 17 heavy (non-hydrogen) atoms. The fourth-order valence-corrected chi connectivity index (χ4v) is 1.63. The van der Waals surface area contributed by atoms with Gasteiger partial charge in [0.15, 0.2) is 5.78 Å². The van der Waals surface area contributed by atoms with Crippen LogP contribution in [-0.4, -0.2) is 28.5 Å². The van der Waals surface area contributed by atoms with E-state index in [9.17, 15) is 9.59 Å². The van der Waals surface area contributed by atoms with E-state index in [1.54, 1.807) is 18.3 Å². The summed E-state index contributed by atoms with van der Waals surface area (Å²) in [5.41, 5.74) is 0.700. The SMILES string of the molecule is CCCC(C(=O)CNC(=O)O)c1ccccn1. The molecule has 0 saturated heterocycles. The van der Waals surface area contributed by atoms with Crippen molar-refractivity contribution in [2.24, 2.45) is 0 Å². The van der Waals surface area contributed by atoms with E-state index in [4.69, 9.17) is 5.11 Å². The van der Waals surface area contributed by atoms with E-state index in [-0.39, 0.29) is 18.2 Å². The minimum absolute atomic E-state index is 0.145. The molecule has 5 nitrogen and oxygen atoms in total. The van der Waals surface area contributed by atoms with Gasteiger partial charge in [-0.05, 0) is 18.6 Å². The first-order chi connectivity index (χ1) is 8.15. The van der Waals surface area contributed by atoms with Crippen molar-refractivity contribution in [3.05, 3.63) is 30.1 Å². The van der Waals surface area contributed by atoms with E-state index in [1.165, 1.54) is 0 Å². The number of hydrogen-bond acceptors (Lipinski definition) is 3. The van der Waals surface area contributed by atoms with Crippen LogP contribution in [0, 0.1) is 0 Å². The van der Waals surface area contributed by atoms with E-state index in [2.05, 4.69) is 10.3 Å². The predicted octanol–water partition coefficient (Wildman–Crippen LogP) is 1.80. The summed E-state index contributed by atoms with van der Waals surface area (Å²) in [6, 6.07) is 5.40. The third kappa shape index (κ3) is 4.22. The average Bonchev–Trinajstić information content (AvgIpc) is 2.34. The van der Waals surface area contributed by atoms with Crippen LogP contribution in [0.5, 0.6) is 0 Å². The maximum atomic E-state index is 11.9. The van der Waals surface area contributed by atoms with Crippen LogP contribution >= 0.6 is 0 Å². The summed E-state index contributed by atoms with van der Waals surface area (Å²) >= 11 is 0. The molecule has 0 aliphatic carbocycles. The number of carbonyl (C=O) groups is 2. The first kappa shape index (κ1) is 13.2. The fourth-order valence-electron chi connectivity index (χ4n) is 1.63. The highest BCUT2D eigenvalue weighted by Crippen LogP contribution is 2.19. The smallest absolute Gasteiger partial charge is 0.405 e. The summed E-state index contributed by atoms with van der Waals surface area (Å²) in [5, 5.41) is 10.6. The zero-order valence-electron chi connectivity index (χ0n) is 9.72. The van der Waals surface area contributed by atoms with Gasteiger partial charge in [0.1, 0.15) is 0 Å². The molecule has 1 atom stereocenters. The second-order valence-electron chi connectivity index (χ2n) is 3.72. The number of aromatic nitrogens is 1. The number of pyridine rings is 1. The zero-order valence-corrected chi connectivity index (χ0v) is 9.72. The molecule has 0 saturated carbocycles. The Labute approximate surface area is 99.9 Å². The number of rotatable bonds is 6. The third-order valence-corrected chi connectivity index (χ3v) is 2.42. The van der Waals surface area contributed by atoms with Crippen molar-refractivity contribution in [1.29, 1.82) is 0 Å². The van der Waals surface area contributed by atoms with Gasteiger partial charge in [-0.15, -0.1) is 0 Å². The number of amides is 1. The Hall–Kier alpha value is -1.91. The maximum absolute atomic E-state index is 11.9. The summed E-state index contributed by atoms with van der Waals surface area (Å²) in [5.74, 6) is -0.471. The van der Waals surface area contributed by atoms with Crippen LogP contribution in [0.4, 0.5) is 4.79 Å². The molecule has 92 valence electrons. The zero-order chi connectivity index (χ0) is 12.7. The molecule has 1 amide bonds. The van der Waals surface area contributed by atoms with E-state index < -0.39 is 6.09 Å². The lowest BCUT2D eigenvalue weighted by Crippen LogP contribution is -2.31. The maximum Gasteiger partial charge on any atom is 0.405 e. The van der Waals surface area contributed by atoms with Gasteiger partial charge in [-0.2, -0.15) is 0 Å². The lowest BCUT2D eigenvalue weighted by Gasteiger charge is -2.14. The molecule has 0 fully saturated rings. The Morgan fingerprint density at radius 3 is 2.76 bits per heavy atom. The summed E-state index contributed by atoms with van der Waals surface area (Å²) in [7, 11) is 0. The molecule has 0 bridgehead atoms. The minimum Gasteiger partial charge on any atom is -0.465 e. The molecule has 1 aromatic heterocycles.